The molecule has 0 amide bonds. The van der Waals surface area contributed by atoms with E-state index >= 15 is 0 Å². The van der Waals surface area contributed by atoms with Crippen molar-refractivity contribution in [1.29, 1.82) is 0 Å². The first-order chi connectivity index (χ1) is 9.77. The minimum atomic E-state index is -0.167. The molecule has 0 aliphatic heterocycles. The van der Waals surface area contributed by atoms with E-state index in [9.17, 15) is 4.79 Å². The molecule has 0 fully saturated rings. The summed E-state index contributed by atoms with van der Waals surface area (Å²) in [4.78, 5) is 10.5. The third-order valence-electron chi connectivity index (χ3n) is 3.43. The van der Waals surface area contributed by atoms with Gasteiger partial charge in [0.1, 0.15) is 0 Å². The van der Waals surface area contributed by atoms with E-state index in [2.05, 4.69) is 6.92 Å². The summed E-state index contributed by atoms with van der Waals surface area (Å²) in [7, 11) is 0. The maximum atomic E-state index is 10.5. The molecular formula is C17H34CoO2. The third-order valence-corrected chi connectivity index (χ3v) is 4.46. The van der Waals surface area contributed by atoms with Gasteiger partial charge in [-0.2, -0.15) is 0 Å². The van der Waals surface area contributed by atoms with Gasteiger partial charge in [-0.05, 0) is 0 Å². The van der Waals surface area contributed by atoms with Crippen LogP contribution in [0.4, 0.5) is 0 Å². The maximum absolute atomic E-state index is 10.5. The summed E-state index contributed by atoms with van der Waals surface area (Å²) in [6.07, 6.45) is 17.9. The Morgan fingerprint density at radius 3 is 1.55 bits per heavy atom. The molecule has 0 rings (SSSR count). The zero-order valence-corrected chi connectivity index (χ0v) is 14.6. The zero-order chi connectivity index (χ0) is 14.9. The van der Waals surface area contributed by atoms with E-state index in [0.717, 1.165) is 20.4 Å². The second-order valence-electron chi connectivity index (χ2n) is 5.57. The Bertz CT molecular complexity index is 207. The first-order valence-corrected chi connectivity index (χ1v) is 9.65. The summed E-state index contributed by atoms with van der Waals surface area (Å²) in [5.74, 6) is -0.167. The van der Waals surface area contributed by atoms with Gasteiger partial charge in [-0.15, -0.1) is 0 Å². The van der Waals surface area contributed by atoms with Gasteiger partial charge in [0.2, 0.25) is 0 Å². The summed E-state index contributed by atoms with van der Waals surface area (Å²) in [6, 6.07) is 0. The number of carbonyl (C=O) groups is 1. The van der Waals surface area contributed by atoms with E-state index in [1.54, 1.807) is 0 Å². The molecule has 3 heteroatoms. The van der Waals surface area contributed by atoms with Crippen LogP contribution in [-0.2, 0) is 23.7 Å². The summed E-state index contributed by atoms with van der Waals surface area (Å²) < 4.78 is 4.88. The van der Waals surface area contributed by atoms with Crippen LogP contribution in [0.15, 0.2) is 0 Å². The fourth-order valence-corrected chi connectivity index (χ4v) is 2.98. The van der Waals surface area contributed by atoms with Crippen LogP contribution >= 0.6 is 0 Å². The second-order valence-corrected chi connectivity index (χ2v) is 6.60. The summed E-state index contributed by atoms with van der Waals surface area (Å²) in [5, 5.41) is 0.994. The second kappa shape index (κ2) is 17.0. The third kappa shape index (κ3) is 18.0. The van der Waals surface area contributed by atoms with Crippen LogP contribution in [0.2, 0.25) is 5.36 Å². The first-order valence-electron chi connectivity index (χ1n) is 8.49. The van der Waals surface area contributed by atoms with Gasteiger partial charge in [0.25, 0.3) is 0 Å². The molecule has 0 radical (unpaired) electrons. The SMILES string of the molecule is CCCCCCCCCCCCCC[CH2][Co][O]C(C)=O. The van der Waals surface area contributed by atoms with Crippen LogP contribution in [0, 0.1) is 0 Å². The number of hydrogen-bond acceptors (Lipinski definition) is 2. The molecule has 0 spiro atoms. The van der Waals surface area contributed by atoms with Crippen LogP contribution in [0.25, 0.3) is 0 Å². The molecule has 0 saturated heterocycles. The van der Waals surface area contributed by atoms with E-state index in [1.165, 1.54) is 90.4 Å². The number of hydrogen-bond donors (Lipinski definition) is 0. The van der Waals surface area contributed by atoms with Crippen LogP contribution in [0.5, 0.6) is 0 Å². The molecule has 0 N–H and O–H groups in total. The van der Waals surface area contributed by atoms with Crippen molar-refractivity contribution >= 4 is 5.97 Å². The van der Waals surface area contributed by atoms with Gasteiger partial charge in [0, 0.05) is 0 Å². The van der Waals surface area contributed by atoms with Crippen molar-refractivity contribution in [3.8, 4) is 0 Å². The van der Waals surface area contributed by atoms with Crippen molar-refractivity contribution in [2.45, 2.75) is 103 Å². The molecular weight excluding hydrogens is 295 g/mol. The molecule has 123 valence electrons. The number of unbranched alkanes of at least 4 members (excludes halogenated alkanes) is 12. The molecule has 0 bridgehead atoms. The van der Waals surface area contributed by atoms with Crippen molar-refractivity contribution in [3.63, 3.8) is 0 Å². The Labute approximate surface area is 132 Å². The van der Waals surface area contributed by atoms with Crippen LogP contribution in [-0.4, -0.2) is 5.97 Å². The predicted octanol–water partition coefficient (Wildman–Crippen LogP) is 6.06. The summed E-state index contributed by atoms with van der Waals surface area (Å²) in [6.45, 7) is 3.74. The zero-order valence-electron chi connectivity index (χ0n) is 13.5. The Morgan fingerprint density at radius 2 is 1.15 bits per heavy atom. The van der Waals surface area contributed by atoms with Crippen LogP contribution in [0.3, 0.4) is 0 Å². The molecule has 0 atom stereocenters. The number of carbonyl (C=O) groups excluding carboxylic acids is 1. The Hall–Kier alpha value is -0.0235. The molecule has 0 aromatic rings. The van der Waals surface area contributed by atoms with E-state index < -0.39 is 0 Å². The summed E-state index contributed by atoms with van der Waals surface area (Å²) >= 11 is 0.863. The molecule has 0 aromatic heterocycles. The molecule has 0 aromatic carbocycles. The van der Waals surface area contributed by atoms with E-state index in [0.29, 0.717) is 0 Å². The van der Waals surface area contributed by atoms with Crippen molar-refractivity contribution in [2.24, 2.45) is 0 Å². The van der Waals surface area contributed by atoms with Crippen molar-refractivity contribution in [3.05, 3.63) is 0 Å². The first kappa shape index (κ1) is 20.0. The fraction of sp³-hybridized carbons (Fsp3) is 0.941. The number of rotatable bonds is 15. The summed E-state index contributed by atoms with van der Waals surface area (Å²) in [5.41, 5.74) is 0. The fourth-order valence-electron chi connectivity index (χ4n) is 2.25. The van der Waals surface area contributed by atoms with Crippen LogP contribution < -0.4 is 0 Å². The van der Waals surface area contributed by atoms with Gasteiger partial charge in [-0.1, -0.05) is 19.8 Å². The molecule has 0 unspecified atom stereocenters. The Kier molecular flexibility index (Phi) is 17.0. The average Bonchev–Trinajstić information content (AvgIpc) is 2.43. The monoisotopic (exact) mass is 329 g/mol. The van der Waals surface area contributed by atoms with Gasteiger partial charge in [-0.3, -0.25) is 0 Å². The van der Waals surface area contributed by atoms with Gasteiger partial charge in [-0.25, -0.2) is 0 Å². The normalized spacial score (nSPS) is 10.9. The van der Waals surface area contributed by atoms with E-state index in [-0.39, 0.29) is 5.97 Å². The van der Waals surface area contributed by atoms with Gasteiger partial charge in [0.15, 0.2) is 0 Å². The van der Waals surface area contributed by atoms with Crippen molar-refractivity contribution in [1.82, 2.24) is 0 Å². The molecule has 0 aliphatic carbocycles. The van der Waals surface area contributed by atoms with E-state index in [4.69, 9.17) is 3.85 Å². The quantitative estimate of drug-likeness (QED) is 0.342. The van der Waals surface area contributed by atoms with Crippen molar-refractivity contribution in [2.75, 3.05) is 0 Å². The standard InChI is InChI=1S/C15H31.C2H4O2.Co/c1-3-5-7-9-11-13-15-14-12-10-8-6-4-2;1-2(3)4;/h1,3-15H2,2H3;1H3,(H,3,4);/q;;+1/p-1. The van der Waals surface area contributed by atoms with Gasteiger partial charge >= 0.3 is 113 Å². The molecule has 0 aliphatic rings. The van der Waals surface area contributed by atoms with Gasteiger partial charge < -0.3 is 0 Å². The molecule has 0 saturated carbocycles. The van der Waals surface area contributed by atoms with Crippen LogP contribution in [0.1, 0.15) is 97.3 Å². The average molecular weight is 329 g/mol. The van der Waals surface area contributed by atoms with E-state index in [1.807, 2.05) is 0 Å². The molecule has 0 heterocycles. The molecule has 20 heavy (non-hydrogen) atoms. The molecule has 2 nitrogen and oxygen atoms in total. The van der Waals surface area contributed by atoms with Crippen molar-refractivity contribution < 1.29 is 23.7 Å². The van der Waals surface area contributed by atoms with Gasteiger partial charge in [0.05, 0.1) is 0 Å². The minimum absolute atomic E-state index is 0.167. The topological polar surface area (TPSA) is 26.3 Å². The Balaban J connectivity index is 2.94. The Morgan fingerprint density at radius 1 is 0.750 bits per heavy atom. The predicted molar refractivity (Wildman–Crippen MR) is 82.3 cm³/mol.